The average Bonchev–Trinajstić information content (AvgIpc) is 2.99. The van der Waals surface area contributed by atoms with Crippen molar-refractivity contribution in [3.05, 3.63) is 78.0 Å². The molecule has 13 nitrogen and oxygen atoms in total. The van der Waals surface area contributed by atoms with E-state index in [-0.39, 0.29) is 23.3 Å². The highest BCUT2D eigenvalue weighted by Gasteiger charge is 2.21. The Morgan fingerprint density at radius 3 is 2.30 bits per heavy atom. The maximum atomic E-state index is 13.3. The third kappa shape index (κ3) is 9.63. The van der Waals surface area contributed by atoms with Crippen molar-refractivity contribution < 1.29 is 19.2 Å². The lowest BCUT2D eigenvalue weighted by molar-refractivity contribution is -0.132. The van der Waals surface area contributed by atoms with E-state index in [9.17, 15) is 19.2 Å². The zero-order chi connectivity index (χ0) is 32.2. The molecule has 3 rings (SSSR count). The first-order valence-corrected chi connectivity index (χ1v) is 14.1. The van der Waals surface area contributed by atoms with Gasteiger partial charge in [0.25, 0.3) is 5.91 Å². The molecule has 0 saturated carbocycles. The topological polar surface area (TPSA) is 175 Å². The molecule has 44 heavy (non-hydrogen) atoms. The molecule has 6 N–H and O–H groups in total. The molecule has 1 atom stereocenters. The minimum atomic E-state index is -0.734. The number of carbonyl (C=O) groups is 4. The molecule has 0 bridgehead atoms. The van der Waals surface area contributed by atoms with Crippen LogP contribution in [0.15, 0.2) is 66.9 Å². The number of rotatable bonds is 14. The van der Waals surface area contributed by atoms with E-state index in [1.165, 1.54) is 17.2 Å². The summed E-state index contributed by atoms with van der Waals surface area (Å²) in [7, 11) is 5.36. The monoisotopic (exact) mass is 601 g/mol. The highest BCUT2D eigenvalue weighted by atomic mass is 16.2. The van der Waals surface area contributed by atoms with Gasteiger partial charge in [0.2, 0.25) is 23.7 Å². The van der Waals surface area contributed by atoms with E-state index in [0.29, 0.717) is 41.5 Å². The first kappa shape index (κ1) is 33.2. The molecule has 0 aliphatic rings. The molecular weight excluding hydrogens is 562 g/mol. The van der Waals surface area contributed by atoms with Crippen LogP contribution in [-0.4, -0.2) is 83.7 Å². The summed E-state index contributed by atoms with van der Waals surface area (Å²) < 4.78 is 0. The summed E-state index contributed by atoms with van der Waals surface area (Å²) in [6.45, 7) is 4.81. The van der Waals surface area contributed by atoms with Gasteiger partial charge >= 0.3 is 0 Å². The standard InChI is InChI=1S/C31H39N9O4/c1-6-16-33-28-25(19-34-31(38-28)37-22-14-12-21(13-15-22)27(32)42)30(44)36-24-10-7-9-23(18-24)35-29(43)20(2)40(5)26(41)11-8-17-39(3)4/h7-15,18-20H,6,16-17H2,1-5H3,(H2,32,42)(H,35,43)(H,36,44)(H2,33,34,37,38)/b11-8+. The van der Waals surface area contributed by atoms with Crippen molar-refractivity contribution in [1.29, 1.82) is 0 Å². The van der Waals surface area contributed by atoms with E-state index in [4.69, 9.17) is 5.73 Å². The molecule has 2 aromatic carbocycles. The molecule has 4 amide bonds. The second kappa shape index (κ2) is 15.8. The number of likely N-dealkylation sites (N-methyl/N-ethyl adjacent to an activating group) is 2. The maximum absolute atomic E-state index is 13.3. The SMILES string of the molecule is CCCNc1nc(Nc2ccc(C(N)=O)cc2)ncc1C(=O)Nc1cccc(NC(=O)C(C)N(C)C(=O)/C=C/CN(C)C)c1. The molecule has 1 aromatic heterocycles. The van der Waals surface area contributed by atoms with Crippen LogP contribution in [0.25, 0.3) is 0 Å². The number of hydrogen-bond acceptors (Lipinski definition) is 9. The van der Waals surface area contributed by atoms with Crippen molar-refractivity contribution in [3.8, 4) is 0 Å². The number of nitrogens with two attached hydrogens (primary N) is 1. The van der Waals surface area contributed by atoms with E-state index >= 15 is 0 Å². The van der Waals surface area contributed by atoms with Crippen LogP contribution in [0.1, 0.15) is 41.0 Å². The first-order chi connectivity index (χ1) is 21.0. The van der Waals surface area contributed by atoms with Crippen LogP contribution in [0.3, 0.4) is 0 Å². The highest BCUT2D eigenvalue weighted by Crippen LogP contribution is 2.21. The molecule has 0 aliphatic carbocycles. The molecular formula is C31H39N9O4. The third-order valence-corrected chi connectivity index (χ3v) is 6.43. The number of nitrogens with one attached hydrogen (secondary N) is 4. The normalized spacial score (nSPS) is 11.6. The average molecular weight is 602 g/mol. The summed E-state index contributed by atoms with van der Waals surface area (Å²) in [6, 6.07) is 12.5. The lowest BCUT2D eigenvalue weighted by atomic mass is 10.2. The zero-order valence-corrected chi connectivity index (χ0v) is 25.5. The van der Waals surface area contributed by atoms with Crippen molar-refractivity contribution in [1.82, 2.24) is 19.8 Å². The predicted molar refractivity (Wildman–Crippen MR) is 172 cm³/mol. The van der Waals surface area contributed by atoms with E-state index in [2.05, 4.69) is 31.2 Å². The molecule has 0 aliphatic heterocycles. The lowest BCUT2D eigenvalue weighted by Crippen LogP contribution is -2.42. The van der Waals surface area contributed by atoms with E-state index in [1.807, 2.05) is 25.9 Å². The van der Waals surface area contributed by atoms with E-state index < -0.39 is 17.9 Å². The number of aromatic nitrogens is 2. The van der Waals surface area contributed by atoms with Crippen LogP contribution in [-0.2, 0) is 9.59 Å². The lowest BCUT2D eigenvalue weighted by Gasteiger charge is -2.23. The molecule has 1 unspecified atom stereocenters. The van der Waals surface area contributed by atoms with Crippen molar-refractivity contribution in [2.75, 3.05) is 55.5 Å². The second-order valence-electron chi connectivity index (χ2n) is 10.3. The van der Waals surface area contributed by atoms with Crippen LogP contribution in [0.2, 0.25) is 0 Å². The van der Waals surface area contributed by atoms with Gasteiger partial charge in [0, 0.05) is 55.0 Å². The van der Waals surface area contributed by atoms with Gasteiger partial charge in [-0.05, 0) is 69.9 Å². The second-order valence-corrected chi connectivity index (χ2v) is 10.3. The van der Waals surface area contributed by atoms with Gasteiger partial charge in [-0.2, -0.15) is 4.98 Å². The van der Waals surface area contributed by atoms with Crippen LogP contribution >= 0.6 is 0 Å². The van der Waals surface area contributed by atoms with Gasteiger partial charge in [-0.1, -0.05) is 19.1 Å². The Bertz CT molecular complexity index is 1510. The van der Waals surface area contributed by atoms with Gasteiger partial charge < -0.3 is 36.8 Å². The largest absolute Gasteiger partial charge is 0.369 e. The quantitative estimate of drug-likeness (QED) is 0.174. The van der Waals surface area contributed by atoms with Crippen molar-refractivity contribution in [2.45, 2.75) is 26.3 Å². The summed E-state index contributed by atoms with van der Waals surface area (Å²) in [4.78, 5) is 61.9. The van der Waals surface area contributed by atoms with Gasteiger partial charge in [-0.3, -0.25) is 19.2 Å². The minimum absolute atomic E-state index is 0.221. The molecule has 0 radical (unpaired) electrons. The Morgan fingerprint density at radius 1 is 0.977 bits per heavy atom. The predicted octanol–water partition coefficient (Wildman–Crippen LogP) is 3.30. The fraction of sp³-hybridized carbons (Fsp3) is 0.290. The van der Waals surface area contributed by atoms with Crippen LogP contribution in [0.5, 0.6) is 0 Å². The fourth-order valence-corrected chi connectivity index (χ4v) is 3.80. The fourth-order valence-electron chi connectivity index (χ4n) is 3.80. The van der Waals surface area contributed by atoms with Gasteiger partial charge in [-0.15, -0.1) is 0 Å². The summed E-state index contributed by atoms with van der Waals surface area (Å²) in [5, 5.41) is 11.8. The van der Waals surface area contributed by atoms with E-state index in [0.717, 1.165) is 6.42 Å². The number of carbonyl (C=O) groups excluding carboxylic acids is 4. The van der Waals surface area contributed by atoms with Crippen LogP contribution < -0.4 is 27.0 Å². The summed E-state index contributed by atoms with van der Waals surface area (Å²) >= 11 is 0. The molecule has 1 heterocycles. The van der Waals surface area contributed by atoms with E-state index in [1.54, 1.807) is 68.6 Å². The number of primary amides is 1. The summed E-state index contributed by atoms with van der Waals surface area (Å²) in [5.41, 5.74) is 7.42. The van der Waals surface area contributed by atoms with Crippen molar-refractivity contribution >= 4 is 52.5 Å². The molecule has 0 fully saturated rings. The van der Waals surface area contributed by atoms with Gasteiger partial charge in [0.1, 0.15) is 17.4 Å². The van der Waals surface area contributed by atoms with Gasteiger partial charge in [0.05, 0.1) is 0 Å². The van der Waals surface area contributed by atoms with Crippen molar-refractivity contribution in [2.24, 2.45) is 5.73 Å². The Labute approximate surface area is 256 Å². The third-order valence-electron chi connectivity index (χ3n) is 6.43. The Morgan fingerprint density at radius 2 is 1.66 bits per heavy atom. The van der Waals surface area contributed by atoms with Crippen LogP contribution in [0.4, 0.5) is 28.8 Å². The Hall–Kier alpha value is -5.30. The maximum Gasteiger partial charge on any atom is 0.260 e. The smallest absolute Gasteiger partial charge is 0.260 e. The molecule has 13 heteroatoms. The molecule has 0 spiro atoms. The number of anilines is 5. The number of benzene rings is 2. The Balaban J connectivity index is 1.69. The summed E-state index contributed by atoms with van der Waals surface area (Å²) in [5.74, 6) is -1.05. The van der Waals surface area contributed by atoms with Crippen LogP contribution in [0, 0.1) is 0 Å². The van der Waals surface area contributed by atoms with Gasteiger partial charge in [0.15, 0.2) is 0 Å². The number of hydrogen-bond donors (Lipinski definition) is 5. The molecule has 3 aromatic rings. The minimum Gasteiger partial charge on any atom is -0.369 e. The first-order valence-electron chi connectivity index (χ1n) is 14.1. The highest BCUT2D eigenvalue weighted by molar-refractivity contribution is 6.08. The zero-order valence-electron chi connectivity index (χ0n) is 25.5. The molecule has 232 valence electrons. The van der Waals surface area contributed by atoms with Gasteiger partial charge in [-0.25, -0.2) is 4.98 Å². The number of nitrogens with zero attached hydrogens (tertiary/aromatic N) is 4. The number of amides is 4. The van der Waals surface area contributed by atoms with Crippen molar-refractivity contribution in [3.63, 3.8) is 0 Å². The Kier molecular flexibility index (Phi) is 11.9. The summed E-state index contributed by atoms with van der Waals surface area (Å²) in [6.07, 6.45) is 5.39. The molecule has 0 saturated heterocycles.